The standard InChI is InChI=1S/C14H20N2O2/c15-13-6-2-5-12(13)14(18)16-8-10-3-1-4-11(7-10)9-17/h1,3-4,7,12-13,17H,2,5-6,8-9,15H2,(H,16,18). The molecule has 1 aliphatic carbocycles. The molecule has 1 aromatic carbocycles. The molecule has 0 bridgehead atoms. The van der Waals surface area contributed by atoms with Crippen LogP contribution in [0.25, 0.3) is 0 Å². The Labute approximate surface area is 107 Å². The van der Waals surface area contributed by atoms with Gasteiger partial charge in [-0.3, -0.25) is 4.79 Å². The molecule has 0 aromatic heterocycles. The van der Waals surface area contributed by atoms with Crippen LogP contribution in [0.1, 0.15) is 30.4 Å². The van der Waals surface area contributed by atoms with Crippen molar-refractivity contribution in [2.75, 3.05) is 0 Å². The summed E-state index contributed by atoms with van der Waals surface area (Å²) in [6.07, 6.45) is 2.88. The van der Waals surface area contributed by atoms with Crippen LogP contribution in [0.3, 0.4) is 0 Å². The van der Waals surface area contributed by atoms with Gasteiger partial charge in [-0.1, -0.05) is 30.7 Å². The molecule has 0 heterocycles. The molecule has 4 nitrogen and oxygen atoms in total. The number of hydrogen-bond acceptors (Lipinski definition) is 3. The third-order valence-electron chi connectivity index (χ3n) is 3.55. The number of carbonyl (C=O) groups excluding carboxylic acids is 1. The molecular weight excluding hydrogens is 228 g/mol. The largest absolute Gasteiger partial charge is 0.392 e. The van der Waals surface area contributed by atoms with Gasteiger partial charge in [0.1, 0.15) is 0 Å². The summed E-state index contributed by atoms with van der Waals surface area (Å²) < 4.78 is 0. The average Bonchev–Trinajstić information content (AvgIpc) is 2.82. The lowest BCUT2D eigenvalue weighted by Crippen LogP contribution is -2.38. The Morgan fingerprint density at radius 2 is 2.17 bits per heavy atom. The molecule has 2 rings (SSSR count). The molecule has 2 atom stereocenters. The second kappa shape index (κ2) is 5.98. The van der Waals surface area contributed by atoms with Crippen LogP contribution in [0, 0.1) is 5.92 Å². The first kappa shape index (κ1) is 13.1. The van der Waals surface area contributed by atoms with Crippen molar-refractivity contribution in [2.24, 2.45) is 11.7 Å². The van der Waals surface area contributed by atoms with Gasteiger partial charge in [0, 0.05) is 12.6 Å². The fraction of sp³-hybridized carbons (Fsp3) is 0.500. The highest BCUT2D eigenvalue weighted by Crippen LogP contribution is 2.24. The van der Waals surface area contributed by atoms with Crippen LogP contribution in [0.2, 0.25) is 0 Å². The Hall–Kier alpha value is -1.39. The first-order chi connectivity index (χ1) is 8.70. The number of amides is 1. The molecule has 1 aliphatic rings. The van der Waals surface area contributed by atoms with E-state index >= 15 is 0 Å². The molecule has 4 heteroatoms. The number of aliphatic hydroxyl groups is 1. The van der Waals surface area contributed by atoms with Crippen molar-refractivity contribution in [3.8, 4) is 0 Å². The molecule has 0 spiro atoms. The van der Waals surface area contributed by atoms with Crippen molar-refractivity contribution in [3.63, 3.8) is 0 Å². The predicted octanol–water partition coefficient (Wildman–Crippen LogP) is 0.922. The van der Waals surface area contributed by atoms with Crippen LogP contribution in [0.5, 0.6) is 0 Å². The number of hydrogen-bond donors (Lipinski definition) is 3. The maximum absolute atomic E-state index is 11.9. The van der Waals surface area contributed by atoms with Gasteiger partial charge in [0.25, 0.3) is 0 Å². The number of rotatable bonds is 4. The zero-order chi connectivity index (χ0) is 13.0. The van der Waals surface area contributed by atoms with Crippen LogP contribution in [-0.2, 0) is 17.9 Å². The molecule has 1 saturated carbocycles. The van der Waals surface area contributed by atoms with E-state index in [1.807, 2.05) is 24.3 Å². The number of aliphatic hydroxyl groups excluding tert-OH is 1. The molecule has 0 radical (unpaired) electrons. The van der Waals surface area contributed by atoms with Gasteiger partial charge in [0.2, 0.25) is 5.91 Å². The molecule has 4 N–H and O–H groups in total. The third-order valence-corrected chi connectivity index (χ3v) is 3.55. The zero-order valence-corrected chi connectivity index (χ0v) is 10.4. The quantitative estimate of drug-likeness (QED) is 0.741. The van der Waals surface area contributed by atoms with E-state index in [0.29, 0.717) is 6.54 Å². The summed E-state index contributed by atoms with van der Waals surface area (Å²) >= 11 is 0. The third kappa shape index (κ3) is 3.09. The number of carbonyl (C=O) groups is 1. The van der Waals surface area contributed by atoms with Crippen molar-refractivity contribution in [1.82, 2.24) is 5.32 Å². The number of nitrogens with one attached hydrogen (secondary N) is 1. The van der Waals surface area contributed by atoms with Gasteiger partial charge in [-0.05, 0) is 24.0 Å². The van der Waals surface area contributed by atoms with E-state index in [9.17, 15) is 4.79 Å². The van der Waals surface area contributed by atoms with E-state index in [2.05, 4.69) is 5.32 Å². The molecular formula is C14H20N2O2. The smallest absolute Gasteiger partial charge is 0.224 e. The second-order valence-electron chi connectivity index (χ2n) is 4.90. The SMILES string of the molecule is NC1CCCC1C(=O)NCc1cccc(CO)c1. The molecule has 18 heavy (non-hydrogen) atoms. The Morgan fingerprint density at radius 1 is 1.39 bits per heavy atom. The molecule has 1 amide bonds. The lowest BCUT2D eigenvalue weighted by atomic mass is 10.0. The monoisotopic (exact) mass is 248 g/mol. The van der Waals surface area contributed by atoms with Gasteiger partial charge in [-0.2, -0.15) is 0 Å². The van der Waals surface area contributed by atoms with Crippen molar-refractivity contribution in [3.05, 3.63) is 35.4 Å². The fourth-order valence-electron chi connectivity index (χ4n) is 2.47. The van der Waals surface area contributed by atoms with E-state index in [1.165, 1.54) is 0 Å². The summed E-state index contributed by atoms with van der Waals surface area (Å²) in [7, 11) is 0. The second-order valence-corrected chi connectivity index (χ2v) is 4.90. The zero-order valence-electron chi connectivity index (χ0n) is 10.4. The van der Waals surface area contributed by atoms with Crippen molar-refractivity contribution in [2.45, 2.75) is 38.5 Å². The van der Waals surface area contributed by atoms with Gasteiger partial charge >= 0.3 is 0 Å². The van der Waals surface area contributed by atoms with E-state index in [0.717, 1.165) is 30.4 Å². The Kier molecular flexibility index (Phi) is 4.33. The lowest BCUT2D eigenvalue weighted by molar-refractivity contribution is -0.125. The first-order valence-corrected chi connectivity index (χ1v) is 6.42. The minimum absolute atomic E-state index is 0.00813. The van der Waals surface area contributed by atoms with Crippen LogP contribution in [0.15, 0.2) is 24.3 Å². The summed E-state index contributed by atoms with van der Waals surface area (Å²) in [5, 5.41) is 12.0. The average molecular weight is 248 g/mol. The summed E-state index contributed by atoms with van der Waals surface area (Å²) in [4.78, 5) is 11.9. The van der Waals surface area contributed by atoms with Crippen molar-refractivity contribution in [1.29, 1.82) is 0 Å². The predicted molar refractivity (Wildman–Crippen MR) is 69.5 cm³/mol. The summed E-state index contributed by atoms with van der Waals surface area (Å²) in [5.41, 5.74) is 7.76. The number of benzene rings is 1. The molecule has 0 saturated heterocycles. The van der Waals surface area contributed by atoms with Crippen molar-refractivity contribution < 1.29 is 9.90 Å². The van der Waals surface area contributed by atoms with E-state index < -0.39 is 0 Å². The Bertz CT molecular complexity index is 420. The Balaban J connectivity index is 1.88. The highest BCUT2D eigenvalue weighted by atomic mass is 16.3. The summed E-state index contributed by atoms with van der Waals surface area (Å²) in [6.45, 7) is 0.519. The Morgan fingerprint density at radius 3 is 2.83 bits per heavy atom. The summed E-state index contributed by atoms with van der Waals surface area (Å²) in [6, 6.07) is 7.59. The molecule has 2 unspecified atom stereocenters. The normalized spacial score (nSPS) is 23.0. The highest BCUT2D eigenvalue weighted by Gasteiger charge is 2.29. The van der Waals surface area contributed by atoms with Crippen LogP contribution < -0.4 is 11.1 Å². The highest BCUT2D eigenvalue weighted by molar-refractivity contribution is 5.79. The first-order valence-electron chi connectivity index (χ1n) is 6.42. The van der Waals surface area contributed by atoms with Gasteiger partial charge in [0.15, 0.2) is 0 Å². The maximum atomic E-state index is 11.9. The van der Waals surface area contributed by atoms with Crippen LogP contribution in [0.4, 0.5) is 0 Å². The number of nitrogens with two attached hydrogens (primary N) is 1. The minimum Gasteiger partial charge on any atom is -0.392 e. The van der Waals surface area contributed by atoms with Gasteiger partial charge in [-0.15, -0.1) is 0 Å². The molecule has 0 aliphatic heterocycles. The molecule has 1 aromatic rings. The lowest BCUT2D eigenvalue weighted by Gasteiger charge is -2.15. The summed E-state index contributed by atoms with van der Waals surface area (Å²) in [5.74, 6) is 0.0143. The molecule has 1 fully saturated rings. The van der Waals surface area contributed by atoms with Crippen LogP contribution in [-0.4, -0.2) is 17.1 Å². The minimum atomic E-state index is -0.0361. The van der Waals surface area contributed by atoms with Crippen LogP contribution >= 0.6 is 0 Å². The van der Waals surface area contributed by atoms with Gasteiger partial charge in [0.05, 0.1) is 12.5 Å². The van der Waals surface area contributed by atoms with E-state index in [1.54, 1.807) is 0 Å². The fourth-order valence-corrected chi connectivity index (χ4v) is 2.47. The molecule has 98 valence electrons. The van der Waals surface area contributed by atoms with E-state index in [-0.39, 0.29) is 24.5 Å². The van der Waals surface area contributed by atoms with E-state index in [4.69, 9.17) is 10.8 Å². The maximum Gasteiger partial charge on any atom is 0.224 e. The van der Waals surface area contributed by atoms with Crippen molar-refractivity contribution >= 4 is 5.91 Å². The van der Waals surface area contributed by atoms with Gasteiger partial charge < -0.3 is 16.2 Å². The van der Waals surface area contributed by atoms with Gasteiger partial charge in [-0.25, -0.2) is 0 Å². The topological polar surface area (TPSA) is 75.4 Å².